The lowest BCUT2D eigenvalue weighted by molar-refractivity contribution is -0.113. The van der Waals surface area contributed by atoms with E-state index in [0.717, 1.165) is 27.7 Å². The number of anilines is 1. The molecule has 4 rings (SSSR count). The van der Waals surface area contributed by atoms with E-state index in [1.54, 1.807) is 6.20 Å². The standard InChI is InChI=1S/C16H12N4O2S/c21-15(18-11-5-6-12-10(7-11)8-17-20-12)9-23-16-19-13-3-1-2-4-14(13)22-16/h1-8H,9H2,(H,17,20)(H,18,21). The van der Waals surface area contributed by atoms with Gasteiger partial charge >= 0.3 is 0 Å². The van der Waals surface area contributed by atoms with Gasteiger partial charge in [-0.25, -0.2) is 4.98 Å². The van der Waals surface area contributed by atoms with E-state index in [1.165, 1.54) is 11.8 Å². The average molecular weight is 324 g/mol. The summed E-state index contributed by atoms with van der Waals surface area (Å²) < 4.78 is 5.58. The summed E-state index contributed by atoms with van der Waals surface area (Å²) in [7, 11) is 0. The van der Waals surface area contributed by atoms with Gasteiger partial charge in [-0.1, -0.05) is 23.9 Å². The van der Waals surface area contributed by atoms with E-state index in [-0.39, 0.29) is 11.7 Å². The number of nitrogens with one attached hydrogen (secondary N) is 2. The van der Waals surface area contributed by atoms with Gasteiger partial charge in [0.25, 0.3) is 5.22 Å². The van der Waals surface area contributed by atoms with Gasteiger partial charge in [0.1, 0.15) is 5.52 Å². The Hall–Kier alpha value is -2.80. The van der Waals surface area contributed by atoms with Crippen LogP contribution in [0, 0.1) is 0 Å². The summed E-state index contributed by atoms with van der Waals surface area (Å²) in [5.41, 5.74) is 3.19. The van der Waals surface area contributed by atoms with Crippen molar-refractivity contribution in [3.8, 4) is 0 Å². The molecule has 2 aromatic carbocycles. The van der Waals surface area contributed by atoms with Gasteiger partial charge in [0.05, 0.1) is 17.5 Å². The molecule has 0 atom stereocenters. The number of nitrogens with zero attached hydrogens (tertiary/aromatic N) is 2. The van der Waals surface area contributed by atoms with Crippen LogP contribution in [0.2, 0.25) is 0 Å². The molecule has 0 spiro atoms. The number of carbonyl (C=O) groups excluding carboxylic acids is 1. The van der Waals surface area contributed by atoms with Gasteiger partial charge < -0.3 is 9.73 Å². The number of carbonyl (C=O) groups is 1. The summed E-state index contributed by atoms with van der Waals surface area (Å²) >= 11 is 1.27. The normalized spacial score (nSPS) is 11.1. The fourth-order valence-electron chi connectivity index (χ4n) is 2.26. The second-order valence-corrected chi connectivity index (χ2v) is 5.88. The summed E-state index contributed by atoms with van der Waals surface area (Å²) in [4.78, 5) is 16.4. The van der Waals surface area contributed by atoms with Gasteiger partial charge in [-0.05, 0) is 30.3 Å². The number of oxazole rings is 1. The Morgan fingerprint density at radius 2 is 2.17 bits per heavy atom. The van der Waals surface area contributed by atoms with Gasteiger partial charge in [-0.15, -0.1) is 0 Å². The molecule has 1 amide bonds. The molecule has 23 heavy (non-hydrogen) atoms. The molecule has 0 saturated carbocycles. The van der Waals surface area contributed by atoms with Crippen LogP contribution in [0.4, 0.5) is 5.69 Å². The Kier molecular flexibility index (Phi) is 3.47. The Bertz CT molecular complexity index is 959. The van der Waals surface area contributed by atoms with E-state index in [2.05, 4.69) is 20.5 Å². The van der Waals surface area contributed by atoms with Crippen LogP contribution in [-0.4, -0.2) is 26.8 Å². The molecule has 0 radical (unpaired) electrons. The summed E-state index contributed by atoms with van der Waals surface area (Å²) in [6, 6.07) is 13.1. The van der Waals surface area contributed by atoms with Crippen molar-refractivity contribution in [2.24, 2.45) is 0 Å². The smallest absolute Gasteiger partial charge is 0.257 e. The Balaban J connectivity index is 1.41. The summed E-state index contributed by atoms with van der Waals surface area (Å²) in [6.07, 6.45) is 1.72. The van der Waals surface area contributed by atoms with Crippen molar-refractivity contribution in [3.63, 3.8) is 0 Å². The first-order chi connectivity index (χ1) is 11.3. The van der Waals surface area contributed by atoms with E-state index in [4.69, 9.17) is 4.42 Å². The maximum atomic E-state index is 12.1. The molecule has 2 N–H and O–H groups in total. The second-order valence-electron chi connectivity index (χ2n) is 4.96. The largest absolute Gasteiger partial charge is 0.431 e. The highest BCUT2D eigenvalue weighted by atomic mass is 32.2. The Morgan fingerprint density at radius 1 is 1.26 bits per heavy atom. The zero-order valence-corrected chi connectivity index (χ0v) is 12.8. The second kappa shape index (κ2) is 5.77. The van der Waals surface area contributed by atoms with Gasteiger partial charge in [-0.3, -0.25) is 9.89 Å². The summed E-state index contributed by atoms with van der Waals surface area (Å²) in [5.74, 6) is 0.121. The summed E-state index contributed by atoms with van der Waals surface area (Å²) in [6.45, 7) is 0. The Labute approximate surface area is 135 Å². The minimum Gasteiger partial charge on any atom is -0.431 e. The van der Waals surface area contributed by atoms with Crippen molar-refractivity contribution < 1.29 is 9.21 Å². The monoisotopic (exact) mass is 324 g/mol. The minimum atomic E-state index is -0.111. The van der Waals surface area contributed by atoms with E-state index < -0.39 is 0 Å². The SMILES string of the molecule is O=C(CSc1nc2ccccc2o1)Nc1ccc2[nH]ncc2c1. The number of H-pyrrole nitrogens is 1. The number of amides is 1. The number of thioether (sulfide) groups is 1. The van der Waals surface area contributed by atoms with Crippen molar-refractivity contribution in [1.29, 1.82) is 0 Å². The van der Waals surface area contributed by atoms with Crippen LogP contribution < -0.4 is 5.32 Å². The van der Waals surface area contributed by atoms with E-state index in [1.807, 2.05) is 42.5 Å². The average Bonchev–Trinajstić information content (AvgIpc) is 3.18. The van der Waals surface area contributed by atoms with Crippen LogP contribution in [-0.2, 0) is 4.79 Å². The van der Waals surface area contributed by atoms with Gasteiger partial charge in [0.2, 0.25) is 5.91 Å². The third-order valence-corrected chi connectivity index (χ3v) is 4.15. The molecule has 2 aromatic heterocycles. The lowest BCUT2D eigenvalue weighted by Crippen LogP contribution is -2.13. The zero-order chi connectivity index (χ0) is 15.6. The quantitative estimate of drug-likeness (QED) is 0.562. The van der Waals surface area contributed by atoms with Crippen molar-refractivity contribution in [2.75, 3.05) is 11.1 Å². The van der Waals surface area contributed by atoms with Crippen LogP contribution in [0.15, 0.2) is 58.3 Å². The van der Waals surface area contributed by atoms with Crippen molar-refractivity contribution >= 4 is 45.4 Å². The highest BCUT2D eigenvalue weighted by Gasteiger charge is 2.09. The number of rotatable bonds is 4. The van der Waals surface area contributed by atoms with E-state index in [9.17, 15) is 4.79 Å². The first kappa shape index (κ1) is 13.8. The van der Waals surface area contributed by atoms with Gasteiger partial charge in [0, 0.05) is 11.1 Å². The lowest BCUT2D eigenvalue weighted by Gasteiger charge is -2.03. The molecule has 0 unspecified atom stereocenters. The number of hydrogen-bond donors (Lipinski definition) is 2. The maximum absolute atomic E-state index is 12.1. The number of hydrogen-bond acceptors (Lipinski definition) is 5. The third kappa shape index (κ3) is 2.91. The molecule has 114 valence electrons. The third-order valence-electron chi connectivity index (χ3n) is 3.32. The maximum Gasteiger partial charge on any atom is 0.257 e. The predicted molar refractivity (Wildman–Crippen MR) is 89.5 cm³/mol. The number of benzene rings is 2. The first-order valence-corrected chi connectivity index (χ1v) is 7.98. The molecular weight excluding hydrogens is 312 g/mol. The number of fused-ring (bicyclic) bond motifs is 2. The number of para-hydroxylation sites is 2. The predicted octanol–water partition coefficient (Wildman–Crippen LogP) is 3.43. The molecule has 0 bridgehead atoms. The number of aromatic amines is 1. The Morgan fingerprint density at radius 3 is 3.09 bits per heavy atom. The topological polar surface area (TPSA) is 83.8 Å². The van der Waals surface area contributed by atoms with Crippen molar-refractivity contribution in [3.05, 3.63) is 48.7 Å². The van der Waals surface area contributed by atoms with Crippen molar-refractivity contribution in [2.45, 2.75) is 5.22 Å². The molecule has 0 fully saturated rings. The minimum absolute atomic E-state index is 0.111. The van der Waals surface area contributed by atoms with Crippen LogP contribution in [0.5, 0.6) is 0 Å². The molecule has 0 aliphatic heterocycles. The van der Waals surface area contributed by atoms with Crippen LogP contribution in [0.25, 0.3) is 22.0 Å². The molecule has 0 aliphatic carbocycles. The van der Waals surface area contributed by atoms with E-state index in [0.29, 0.717) is 5.22 Å². The zero-order valence-electron chi connectivity index (χ0n) is 11.9. The fourth-order valence-corrected chi connectivity index (χ4v) is 2.90. The van der Waals surface area contributed by atoms with Crippen LogP contribution in [0.3, 0.4) is 0 Å². The molecule has 2 heterocycles. The fraction of sp³-hybridized carbons (Fsp3) is 0.0625. The molecule has 6 nitrogen and oxygen atoms in total. The molecular formula is C16H12N4O2S. The molecule has 0 aliphatic rings. The van der Waals surface area contributed by atoms with Gasteiger partial charge in [0.15, 0.2) is 5.58 Å². The first-order valence-electron chi connectivity index (χ1n) is 6.99. The summed E-state index contributed by atoms with van der Waals surface area (Å²) in [5, 5.41) is 11.1. The molecule has 7 heteroatoms. The molecule has 0 saturated heterocycles. The highest BCUT2D eigenvalue weighted by Crippen LogP contribution is 2.23. The number of aromatic nitrogens is 3. The lowest BCUT2D eigenvalue weighted by atomic mass is 10.2. The van der Waals surface area contributed by atoms with Crippen LogP contribution >= 0.6 is 11.8 Å². The van der Waals surface area contributed by atoms with Crippen LogP contribution in [0.1, 0.15) is 0 Å². The highest BCUT2D eigenvalue weighted by molar-refractivity contribution is 7.99. The van der Waals surface area contributed by atoms with Gasteiger partial charge in [-0.2, -0.15) is 5.10 Å². The van der Waals surface area contributed by atoms with Crippen molar-refractivity contribution in [1.82, 2.24) is 15.2 Å². The van der Waals surface area contributed by atoms with E-state index >= 15 is 0 Å². The molecule has 4 aromatic rings.